The van der Waals surface area contributed by atoms with Gasteiger partial charge in [0, 0.05) is 5.69 Å². The molecule has 1 atom stereocenters. The third-order valence-corrected chi connectivity index (χ3v) is 6.38. The van der Waals surface area contributed by atoms with E-state index in [4.69, 9.17) is 21.7 Å². The summed E-state index contributed by atoms with van der Waals surface area (Å²) in [6, 6.07) is 14.0. The summed E-state index contributed by atoms with van der Waals surface area (Å²) >= 11 is 6.14. The van der Waals surface area contributed by atoms with Gasteiger partial charge in [-0.05, 0) is 48.1 Å². The van der Waals surface area contributed by atoms with Crippen molar-refractivity contribution in [2.75, 3.05) is 7.11 Å². The van der Waals surface area contributed by atoms with Crippen molar-refractivity contribution in [2.24, 2.45) is 5.10 Å². The molecule has 1 fully saturated rings. The van der Waals surface area contributed by atoms with Gasteiger partial charge in [0.1, 0.15) is 18.1 Å². The zero-order valence-corrected chi connectivity index (χ0v) is 21.0. The zero-order valence-electron chi connectivity index (χ0n) is 19.3. The van der Waals surface area contributed by atoms with Crippen LogP contribution in [0.4, 0.5) is 4.79 Å². The number of hydrazone groups is 1. The van der Waals surface area contributed by atoms with Crippen LogP contribution in [0.2, 0.25) is 0 Å². The van der Waals surface area contributed by atoms with Crippen LogP contribution in [-0.2, 0) is 20.9 Å². The van der Waals surface area contributed by atoms with E-state index in [1.807, 2.05) is 30.3 Å². The number of methoxy groups -OCH3 is 1. The van der Waals surface area contributed by atoms with Crippen LogP contribution in [0, 0.1) is 4.77 Å². The summed E-state index contributed by atoms with van der Waals surface area (Å²) in [5.41, 5.74) is 3.79. The average molecular weight is 541 g/mol. The number of ether oxygens (including phenoxy) is 2. The van der Waals surface area contributed by atoms with Gasteiger partial charge in [-0.25, -0.2) is 10.1 Å². The minimum atomic E-state index is -0.831. The van der Waals surface area contributed by atoms with Crippen LogP contribution >= 0.6 is 24.0 Å². The maximum atomic E-state index is 12.3. The Morgan fingerprint density at radius 1 is 1.22 bits per heavy atom. The molecule has 3 aromatic rings. The van der Waals surface area contributed by atoms with E-state index in [1.165, 1.54) is 30.4 Å². The largest absolute Gasteiger partial charge is 0.493 e. The SMILES string of the molecule is COc1cc(/C=N\NC(=O)Cn2ncn(-c3ccccc3)c2=S)ccc1OC(=O)CC1SC(=O)NC1=O. The van der Waals surface area contributed by atoms with Gasteiger partial charge in [0.05, 0.1) is 19.7 Å². The Kier molecular flexibility index (Phi) is 8.10. The van der Waals surface area contributed by atoms with E-state index >= 15 is 0 Å². The Labute approximate surface area is 219 Å². The van der Waals surface area contributed by atoms with Crippen molar-refractivity contribution >= 4 is 53.2 Å². The molecule has 190 valence electrons. The Hall–Kier alpha value is -4.30. The molecule has 0 bridgehead atoms. The molecule has 3 amide bonds. The van der Waals surface area contributed by atoms with Crippen LogP contribution < -0.4 is 20.2 Å². The fraction of sp³-hybridized carbons (Fsp3) is 0.174. The molecular formula is C23H20N6O6S2. The number of thioether (sulfide) groups is 1. The number of imide groups is 1. The van der Waals surface area contributed by atoms with Gasteiger partial charge < -0.3 is 9.47 Å². The summed E-state index contributed by atoms with van der Waals surface area (Å²) in [6.45, 7) is -0.128. The summed E-state index contributed by atoms with van der Waals surface area (Å²) in [6.07, 6.45) is 2.66. The molecule has 1 aliphatic rings. The van der Waals surface area contributed by atoms with Crippen LogP contribution in [0.5, 0.6) is 11.5 Å². The van der Waals surface area contributed by atoms with E-state index in [-0.39, 0.29) is 24.5 Å². The van der Waals surface area contributed by atoms with Crippen LogP contribution in [-0.4, -0.2) is 55.9 Å². The van der Waals surface area contributed by atoms with Gasteiger partial charge in [0.2, 0.25) is 10.7 Å². The van der Waals surface area contributed by atoms with Crippen LogP contribution in [0.3, 0.4) is 0 Å². The number of rotatable bonds is 9. The summed E-state index contributed by atoms with van der Waals surface area (Å²) in [4.78, 5) is 47.4. The van der Waals surface area contributed by atoms with Crippen molar-refractivity contribution in [1.82, 2.24) is 25.1 Å². The van der Waals surface area contributed by atoms with Crippen molar-refractivity contribution in [2.45, 2.75) is 18.2 Å². The maximum absolute atomic E-state index is 12.3. The highest BCUT2D eigenvalue weighted by molar-refractivity contribution is 8.15. The number of aromatic nitrogens is 3. The Morgan fingerprint density at radius 2 is 2.00 bits per heavy atom. The second kappa shape index (κ2) is 11.6. The molecule has 2 heterocycles. The molecule has 1 unspecified atom stereocenters. The fourth-order valence-corrected chi connectivity index (χ4v) is 4.32. The average Bonchev–Trinajstić information content (AvgIpc) is 3.40. The Morgan fingerprint density at radius 3 is 2.70 bits per heavy atom. The summed E-state index contributed by atoms with van der Waals surface area (Å²) in [5, 5.41) is 8.88. The number of nitrogens with zero attached hydrogens (tertiary/aromatic N) is 4. The number of benzene rings is 2. The molecule has 0 aliphatic carbocycles. The number of carbonyl (C=O) groups is 4. The highest BCUT2D eigenvalue weighted by Crippen LogP contribution is 2.29. The lowest BCUT2D eigenvalue weighted by atomic mass is 10.2. The fourth-order valence-electron chi connectivity index (χ4n) is 3.25. The van der Waals surface area contributed by atoms with Crippen LogP contribution in [0.15, 0.2) is 60.0 Å². The maximum Gasteiger partial charge on any atom is 0.312 e. The molecular weight excluding hydrogens is 520 g/mol. The predicted molar refractivity (Wildman–Crippen MR) is 136 cm³/mol. The van der Waals surface area contributed by atoms with Gasteiger partial charge in [-0.2, -0.15) is 10.2 Å². The highest BCUT2D eigenvalue weighted by atomic mass is 32.2. The van der Waals surface area contributed by atoms with Crippen molar-refractivity contribution in [3.63, 3.8) is 0 Å². The molecule has 0 spiro atoms. The standard InChI is InChI=1S/C23H20N6O6S2/c1-34-17-9-14(7-8-16(17)35-20(31)10-18-21(32)26-22(33)37-18)11-24-27-19(30)12-29-23(36)28(13-25-29)15-5-3-2-4-6-15/h2-9,11,13,18H,10,12H2,1H3,(H,27,30)(H,26,32,33)/b24-11-. The topological polar surface area (TPSA) is 146 Å². The number of nitrogens with one attached hydrogen (secondary N) is 2. The third-order valence-electron chi connectivity index (χ3n) is 4.99. The lowest BCUT2D eigenvalue weighted by Gasteiger charge is -2.10. The van der Waals surface area contributed by atoms with Gasteiger partial charge >= 0.3 is 5.97 Å². The first-order valence-electron chi connectivity index (χ1n) is 10.8. The third kappa shape index (κ3) is 6.48. The van der Waals surface area contributed by atoms with E-state index in [0.29, 0.717) is 10.3 Å². The smallest absolute Gasteiger partial charge is 0.312 e. The predicted octanol–water partition coefficient (Wildman–Crippen LogP) is 2.21. The molecule has 12 nitrogen and oxygen atoms in total. The van der Waals surface area contributed by atoms with Gasteiger partial charge in [-0.15, -0.1) is 0 Å². The second-order valence-electron chi connectivity index (χ2n) is 7.54. The van der Waals surface area contributed by atoms with Crippen LogP contribution in [0.1, 0.15) is 12.0 Å². The van der Waals surface area contributed by atoms with E-state index in [2.05, 4.69) is 20.9 Å². The van der Waals surface area contributed by atoms with E-state index < -0.39 is 28.3 Å². The normalized spacial score (nSPS) is 15.0. The van der Waals surface area contributed by atoms with E-state index in [1.54, 1.807) is 16.7 Å². The molecule has 1 aromatic heterocycles. The molecule has 14 heteroatoms. The number of carbonyl (C=O) groups excluding carboxylic acids is 4. The second-order valence-corrected chi connectivity index (χ2v) is 9.08. The van der Waals surface area contributed by atoms with Crippen molar-refractivity contribution in [1.29, 1.82) is 0 Å². The lowest BCUT2D eigenvalue weighted by Crippen LogP contribution is -2.27. The lowest BCUT2D eigenvalue weighted by molar-refractivity contribution is -0.136. The minimum absolute atomic E-state index is 0.128. The van der Waals surface area contributed by atoms with Crippen molar-refractivity contribution in [3.05, 3.63) is 65.2 Å². The summed E-state index contributed by atoms with van der Waals surface area (Å²) in [5.74, 6) is -1.29. The number of hydrogen-bond donors (Lipinski definition) is 2. The summed E-state index contributed by atoms with van der Waals surface area (Å²) < 4.78 is 14.0. The Bertz CT molecular complexity index is 1430. The van der Waals surface area contributed by atoms with Crippen LogP contribution in [0.25, 0.3) is 5.69 Å². The Balaban J connectivity index is 1.33. The number of hydrogen-bond acceptors (Lipinski definition) is 10. The first-order chi connectivity index (χ1) is 17.8. The van der Waals surface area contributed by atoms with Gasteiger partial charge in [-0.3, -0.25) is 29.1 Å². The monoisotopic (exact) mass is 540 g/mol. The number of para-hydroxylation sites is 1. The quantitative estimate of drug-likeness (QED) is 0.137. The van der Waals surface area contributed by atoms with E-state index in [0.717, 1.165) is 17.4 Å². The van der Waals surface area contributed by atoms with Gasteiger partial charge in [-0.1, -0.05) is 30.0 Å². The van der Waals surface area contributed by atoms with Crippen molar-refractivity contribution in [3.8, 4) is 17.2 Å². The molecule has 4 rings (SSSR count). The number of esters is 1. The molecule has 37 heavy (non-hydrogen) atoms. The first-order valence-corrected chi connectivity index (χ1v) is 12.0. The number of amides is 3. The zero-order chi connectivity index (χ0) is 26.4. The van der Waals surface area contributed by atoms with E-state index in [9.17, 15) is 19.2 Å². The molecule has 2 N–H and O–H groups in total. The first kappa shape index (κ1) is 25.8. The van der Waals surface area contributed by atoms with Gasteiger partial charge in [0.25, 0.3) is 11.1 Å². The summed E-state index contributed by atoms with van der Waals surface area (Å²) in [7, 11) is 1.40. The molecule has 0 saturated carbocycles. The minimum Gasteiger partial charge on any atom is -0.493 e. The highest BCUT2D eigenvalue weighted by Gasteiger charge is 2.34. The van der Waals surface area contributed by atoms with Gasteiger partial charge in [0.15, 0.2) is 11.5 Å². The molecule has 1 aliphatic heterocycles. The molecule has 2 aromatic carbocycles. The molecule has 1 saturated heterocycles. The molecule has 0 radical (unpaired) electrons. The van der Waals surface area contributed by atoms with Crippen molar-refractivity contribution < 1.29 is 28.7 Å².